The highest BCUT2D eigenvalue weighted by molar-refractivity contribution is 5.81. The summed E-state index contributed by atoms with van der Waals surface area (Å²) < 4.78 is 0. The van der Waals surface area contributed by atoms with Gasteiger partial charge in [-0.25, -0.2) is 0 Å². The average Bonchev–Trinajstić information content (AvgIpc) is 2.35. The van der Waals surface area contributed by atoms with Gasteiger partial charge in [-0.1, -0.05) is 6.92 Å². The van der Waals surface area contributed by atoms with Gasteiger partial charge >= 0.3 is 0 Å². The number of carbonyl (C=O) groups is 1. The van der Waals surface area contributed by atoms with Crippen molar-refractivity contribution in [3.8, 4) is 0 Å². The molecule has 2 N–H and O–H groups in total. The van der Waals surface area contributed by atoms with Gasteiger partial charge in [-0.15, -0.1) is 0 Å². The zero-order valence-electron chi connectivity index (χ0n) is 9.89. The van der Waals surface area contributed by atoms with Crippen LogP contribution in [-0.2, 0) is 11.3 Å². The average molecular weight is 221 g/mol. The molecule has 1 heterocycles. The SMILES string of the molecule is CC[C@@H](N)C(=O)N(CC)Cc1ccncc1. The number of hydrogen-bond acceptors (Lipinski definition) is 3. The summed E-state index contributed by atoms with van der Waals surface area (Å²) in [5.74, 6) is 0.0156. The van der Waals surface area contributed by atoms with Crippen molar-refractivity contribution in [1.82, 2.24) is 9.88 Å². The molecule has 1 rings (SSSR count). The number of likely N-dealkylation sites (N-methyl/N-ethyl adjacent to an activating group) is 1. The van der Waals surface area contributed by atoms with E-state index in [4.69, 9.17) is 5.73 Å². The van der Waals surface area contributed by atoms with Crippen molar-refractivity contribution in [1.29, 1.82) is 0 Å². The second kappa shape index (κ2) is 6.23. The Morgan fingerprint density at radius 2 is 2.06 bits per heavy atom. The molecule has 0 aliphatic rings. The standard InChI is InChI=1S/C12H19N3O/c1-3-11(13)12(16)15(4-2)9-10-5-7-14-8-6-10/h5-8,11H,3-4,9,13H2,1-2H3/t11-/m1/s1. The van der Waals surface area contributed by atoms with E-state index in [0.717, 1.165) is 5.56 Å². The van der Waals surface area contributed by atoms with Crippen molar-refractivity contribution in [2.75, 3.05) is 6.54 Å². The summed E-state index contributed by atoms with van der Waals surface area (Å²) in [5, 5.41) is 0. The van der Waals surface area contributed by atoms with Crippen LogP contribution in [0.15, 0.2) is 24.5 Å². The number of rotatable bonds is 5. The molecule has 0 spiro atoms. The van der Waals surface area contributed by atoms with Crippen LogP contribution >= 0.6 is 0 Å². The summed E-state index contributed by atoms with van der Waals surface area (Å²) >= 11 is 0. The van der Waals surface area contributed by atoms with Gasteiger partial charge in [0.25, 0.3) is 0 Å². The highest BCUT2D eigenvalue weighted by Crippen LogP contribution is 2.05. The molecule has 4 heteroatoms. The van der Waals surface area contributed by atoms with Crippen LogP contribution in [0.3, 0.4) is 0 Å². The van der Waals surface area contributed by atoms with Gasteiger partial charge in [0.05, 0.1) is 6.04 Å². The predicted molar refractivity (Wildman–Crippen MR) is 63.6 cm³/mol. The van der Waals surface area contributed by atoms with Gasteiger partial charge in [0.1, 0.15) is 0 Å². The van der Waals surface area contributed by atoms with Gasteiger partial charge in [-0.2, -0.15) is 0 Å². The maximum absolute atomic E-state index is 11.9. The van der Waals surface area contributed by atoms with Crippen LogP contribution in [-0.4, -0.2) is 28.4 Å². The minimum Gasteiger partial charge on any atom is -0.337 e. The molecular formula is C12H19N3O. The second-order valence-corrected chi connectivity index (χ2v) is 3.72. The Morgan fingerprint density at radius 1 is 1.44 bits per heavy atom. The van der Waals surface area contributed by atoms with E-state index < -0.39 is 0 Å². The molecule has 0 radical (unpaired) electrons. The summed E-state index contributed by atoms with van der Waals surface area (Å²) in [6, 6.07) is 3.43. The molecular weight excluding hydrogens is 202 g/mol. The third kappa shape index (κ3) is 3.31. The van der Waals surface area contributed by atoms with Crippen LogP contribution < -0.4 is 5.73 Å². The van der Waals surface area contributed by atoms with Crippen LogP contribution in [0.4, 0.5) is 0 Å². The van der Waals surface area contributed by atoms with E-state index in [1.165, 1.54) is 0 Å². The first-order valence-corrected chi connectivity index (χ1v) is 5.62. The van der Waals surface area contributed by atoms with Gasteiger partial charge in [-0.05, 0) is 31.0 Å². The number of carbonyl (C=O) groups excluding carboxylic acids is 1. The molecule has 0 aromatic carbocycles. The lowest BCUT2D eigenvalue weighted by Gasteiger charge is -2.23. The van der Waals surface area contributed by atoms with E-state index in [-0.39, 0.29) is 11.9 Å². The molecule has 0 saturated carbocycles. The van der Waals surface area contributed by atoms with Crippen molar-refractivity contribution < 1.29 is 4.79 Å². The summed E-state index contributed by atoms with van der Waals surface area (Å²) in [5.41, 5.74) is 6.82. The first-order chi connectivity index (χ1) is 7.69. The van der Waals surface area contributed by atoms with Crippen molar-refractivity contribution in [3.63, 3.8) is 0 Å². The van der Waals surface area contributed by atoms with Crippen molar-refractivity contribution in [2.24, 2.45) is 5.73 Å². The highest BCUT2D eigenvalue weighted by Gasteiger charge is 2.17. The van der Waals surface area contributed by atoms with E-state index in [1.54, 1.807) is 17.3 Å². The number of hydrogen-bond donors (Lipinski definition) is 1. The molecule has 0 bridgehead atoms. The largest absolute Gasteiger partial charge is 0.337 e. The lowest BCUT2D eigenvalue weighted by Crippen LogP contribution is -2.42. The molecule has 1 amide bonds. The Balaban J connectivity index is 2.66. The summed E-state index contributed by atoms with van der Waals surface area (Å²) in [6.45, 7) is 5.16. The quantitative estimate of drug-likeness (QED) is 0.812. The Morgan fingerprint density at radius 3 is 2.56 bits per heavy atom. The predicted octanol–water partition coefficient (Wildman–Crippen LogP) is 1.17. The molecule has 0 fully saturated rings. The van der Waals surface area contributed by atoms with Crippen LogP contribution in [0.1, 0.15) is 25.8 Å². The lowest BCUT2D eigenvalue weighted by molar-refractivity contribution is -0.133. The number of amides is 1. The Bertz CT molecular complexity index is 326. The third-order valence-electron chi connectivity index (χ3n) is 2.57. The van der Waals surface area contributed by atoms with E-state index >= 15 is 0 Å². The van der Waals surface area contributed by atoms with Gasteiger partial charge < -0.3 is 10.6 Å². The molecule has 1 aromatic heterocycles. The van der Waals surface area contributed by atoms with Gasteiger partial charge in [-0.3, -0.25) is 9.78 Å². The van der Waals surface area contributed by atoms with Crippen molar-refractivity contribution >= 4 is 5.91 Å². The fourth-order valence-corrected chi connectivity index (χ4v) is 1.46. The fraction of sp³-hybridized carbons (Fsp3) is 0.500. The highest BCUT2D eigenvalue weighted by atomic mass is 16.2. The van der Waals surface area contributed by atoms with E-state index in [1.807, 2.05) is 26.0 Å². The lowest BCUT2D eigenvalue weighted by atomic mass is 10.2. The topological polar surface area (TPSA) is 59.2 Å². The Hall–Kier alpha value is -1.42. The van der Waals surface area contributed by atoms with Gasteiger partial charge in [0.15, 0.2) is 0 Å². The van der Waals surface area contributed by atoms with Gasteiger partial charge in [0.2, 0.25) is 5.91 Å². The number of pyridine rings is 1. The molecule has 1 atom stereocenters. The normalized spacial score (nSPS) is 12.2. The number of nitrogens with zero attached hydrogens (tertiary/aromatic N) is 2. The third-order valence-corrected chi connectivity index (χ3v) is 2.57. The van der Waals surface area contributed by atoms with Crippen LogP contribution in [0.25, 0.3) is 0 Å². The molecule has 0 unspecified atom stereocenters. The zero-order chi connectivity index (χ0) is 12.0. The summed E-state index contributed by atoms with van der Waals surface area (Å²) in [7, 11) is 0. The maximum Gasteiger partial charge on any atom is 0.239 e. The van der Waals surface area contributed by atoms with Crippen LogP contribution in [0.2, 0.25) is 0 Å². The second-order valence-electron chi connectivity index (χ2n) is 3.72. The maximum atomic E-state index is 11.9. The molecule has 0 saturated heterocycles. The molecule has 4 nitrogen and oxygen atoms in total. The minimum atomic E-state index is -0.387. The monoisotopic (exact) mass is 221 g/mol. The first kappa shape index (κ1) is 12.6. The smallest absolute Gasteiger partial charge is 0.239 e. The zero-order valence-corrected chi connectivity index (χ0v) is 9.89. The Labute approximate surface area is 96.5 Å². The summed E-state index contributed by atoms with van der Waals surface area (Å²) in [6.07, 6.45) is 4.13. The van der Waals surface area contributed by atoms with Crippen LogP contribution in [0.5, 0.6) is 0 Å². The number of nitrogens with two attached hydrogens (primary N) is 1. The number of aromatic nitrogens is 1. The van der Waals surface area contributed by atoms with Crippen molar-refractivity contribution in [3.05, 3.63) is 30.1 Å². The summed E-state index contributed by atoms with van der Waals surface area (Å²) in [4.78, 5) is 17.6. The molecule has 0 aliphatic carbocycles. The van der Waals surface area contributed by atoms with Crippen LogP contribution in [0, 0.1) is 0 Å². The van der Waals surface area contributed by atoms with E-state index in [0.29, 0.717) is 19.5 Å². The Kier molecular flexibility index (Phi) is 4.92. The molecule has 1 aromatic rings. The minimum absolute atomic E-state index is 0.0156. The fourth-order valence-electron chi connectivity index (χ4n) is 1.46. The molecule has 88 valence electrons. The van der Waals surface area contributed by atoms with Crippen molar-refractivity contribution in [2.45, 2.75) is 32.9 Å². The molecule has 0 aliphatic heterocycles. The van der Waals surface area contributed by atoms with E-state index in [2.05, 4.69) is 4.98 Å². The first-order valence-electron chi connectivity index (χ1n) is 5.62. The van der Waals surface area contributed by atoms with Gasteiger partial charge in [0, 0.05) is 25.5 Å². The van der Waals surface area contributed by atoms with E-state index in [9.17, 15) is 4.79 Å². The molecule has 16 heavy (non-hydrogen) atoms.